The largest absolute Gasteiger partial charge is 0.450 e. The van der Waals surface area contributed by atoms with Crippen LogP contribution >= 0.6 is 0 Å². The molecule has 10 heteroatoms. The van der Waals surface area contributed by atoms with Gasteiger partial charge in [-0.25, -0.2) is 19.7 Å². The maximum atomic E-state index is 13.4. The lowest BCUT2D eigenvalue weighted by Gasteiger charge is -2.35. The molecule has 0 unspecified atom stereocenters. The molecule has 4 heterocycles. The third kappa shape index (κ3) is 3.24. The van der Waals surface area contributed by atoms with Crippen LogP contribution in [-0.4, -0.2) is 30.9 Å². The van der Waals surface area contributed by atoms with Gasteiger partial charge < -0.3 is 9.72 Å². The maximum absolute atomic E-state index is 13.4. The number of halogens is 3. The summed E-state index contributed by atoms with van der Waals surface area (Å²) in [7, 11) is 0. The number of aromatic amines is 1. The van der Waals surface area contributed by atoms with Gasteiger partial charge in [0, 0.05) is 29.4 Å². The van der Waals surface area contributed by atoms with Gasteiger partial charge >= 0.3 is 12.1 Å². The minimum absolute atomic E-state index is 0.0250. The van der Waals surface area contributed by atoms with Gasteiger partial charge in [-0.1, -0.05) is 18.2 Å². The molecule has 1 aromatic carbocycles. The quantitative estimate of drug-likeness (QED) is 0.411. The van der Waals surface area contributed by atoms with E-state index in [0.717, 1.165) is 24.5 Å². The van der Waals surface area contributed by atoms with Crippen molar-refractivity contribution in [1.29, 1.82) is 0 Å². The lowest BCUT2D eigenvalue weighted by molar-refractivity contribution is -0.137. The number of nitrogens with zero attached hydrogens (tertiary/aromatic N) is 4. The molecule has 1 spiro atoms. The summed E-state index contributed by atoms with van der Waals surface area (Å²) in [4.78, 5) is 32.7. The zero-order valence-corrected chi connectivity index (χ0v) is 17.8. The Balaban J connectivity index is 1.27. The molecule has 0 atom stereocenters. The molecular weight excluding hydrogens is 447 g/mol. The summed E-state index contributed by atoms with van der Waals surface area (Å²) in [6, 6.07) is 6.91. The van der Waals surface area contributed by atoms with Crippen LogP contribution in [0, 0.1) is 0 Å². The molecule has 0 bridgehead atoms. The summed E-state index contributed by atoms with van der Waals surface area (Å²) >= 11 is 0. The number of ether oxygens (including phenoxy) is 1. The molecular formula is C24H18F3N5O2. The Morgan fingerprint density at radius 2 is 1.82 bits per heavy atom. The number of rotatable bonds is 2. The van der Waals surface area contributed by atoms with Crippen molar-refractivity contribution in [1.82, 2.24) is 24.9 Å². The molecule has 0 saturated heterocycles. The number of hydrogen-bond acceptors (Lipinski definition) is 6. The minimum atomic E-state index is -4.51. The van der Waals surface area contributed by atoms with Crippen molar-refractivity contribution in [3.63, 3.8) is 0 Å². The van der Waals surface area contributed by atoms with Crippen molar-refractivity contribution < 1.29 is 22.7 Å². The summed E-state index contributed by atoms with van der Waals surface area (Å²) < 4.78 is 46.1. The molecule has 2 aliphatic rings. The monoisotopic (exact) mass is 465 g/mol. The van der Waals surface area contributed by atoms with Gasteiger partial charge in [-0.2, -0.15) is 13.2 Å². The molecule has 0 radical (unpaired) electrons. The molecule has 7 nitrogen and oxygen atoms in total. The molecule has 1 aliphatic carbocycles. The number of carbonyl (C=O) groups excluding carboxylic acids is 1. The Hall–Kier alpha value is -3.82. The standard InChI is InChI=1S/C24H18F3N5O2/c25-24(26,27)16-4-2-1-3-14(16)20-29-12-18-21(32-20)31-19(30-18)13-5-8-23(9-6-13)17-11-28-10-7-15(17)22(33)34-23/h1-4,7,10-13H,5-6,8-9H2,(H,29,30,31,32)/t13-,23-. The summed E-state index contributed by atoms with van der Waals surface area (Å²) in [6.07, 6.45) is 2.95. The highest BCUT2D eigenvalue weighted by molar-refractivity contribution is 5.94. The van der Waals surface area contributed by atoms with E-state index in [1.807, 2.05) is 0 Å². The van der Waals surface area contributed by atoms with Crippen molar-refractivity contribution >= 4 is 17.1 Å². The van der Waals surface area contributed by atoms with E-state index in [2.05, 4.69) is 24.9 Å². The molecule has 0 amide bonds. The van der Waals surface area contributed by atoms with E-state index in [-0.39, 0.29) is 23.3 Å². The van der Waals surface area contributed by atoms with Crippen LogP contribution < -0.4 is 0 Å². The zero-order chi connectivity index (χ0) is 23.5. The molecule has 34 heavy (non-hydrogen) atoms. The number of fused-ring (bicyclic) bond motifs is 3. The number of pyridine rings is 1. The van der Waals surface area contributed by atoms with E-state index in [4.69, 9.17) is 4.74 Å². The predicted molar refractivity (Wildman–Crippen MR) is 115 cm³/mol. The van der Waals surface area contributed by atoms with Crippen LogP contribution in [0.5, 0.6) is 0 Å². The molecule has 3 aromatic heterocycles. The first-order valence-corrected chi connectivity index (χ1v) is 10.9. The number of alkyl halides is 3. The number of carbonyl (C=O) groups is 1. The SMILES string of the molecule is O=C1O[C@]2(CC[C@H](c3nc4nc(-c5ccccc5C(F)(F)F)ncc4[nH]3)CC2)c2cnccc21. The highest BCUT2D eigenvalue weighted by atomic mass is 19.4. The molecule has 1 aliphatic heterocycles. The molecule has 172 valence electrons. The number of hydrogen-bond donors (Lipinski definition) is 1. The fourth-order valence-corrected chi connectivity index (χ4v) is 5.03. The number of aromatic nitrogens is 5. The van der Waals surface area contributed by atoms with Gasteiger partial charge in [0.1, 0.15) is 16.9 Å². The highest BCUT2D eigenvalue weighted by Gasteiger charge is 2.48. The predicted octanol–water partition coefficient (Wildman–Crippen LogP) is 5.16. The fourth-order valence-electron chi connectivity index (χ4n) is 5.03. The van der Waals surface area contributed by atoms with E-state index in [1.54, 1.807) is 18.5 Å². The van der Waals surface area contributed by atoms with E-state index in [0.29, 0.717) is 35.4 Å². The van der Waals surface area contributed by atoms with E-state index in [1.165, 1.54) is 24.4 Å². The number of imidazole rings is 1. The second kappa shape index (κ2) is 7.34. The van der Waals surface area contributed by atoms with E-state index < -0.39 is 17.3 Å². The highest BCUT2D eigenvalue weighted by Crippen LogP contribution is 2.49. The van der Waals surface area contributed by atoms with Gasteiger partial charge in [-0.3, -0.25) is 4.98 Å². The second-order valence-corrected chi connectivity index (χ2v) is 8.68. The van der Waals surface area contributed by atoms with Crippen LogP contribution in [0.4, 0.5) is 13.2 Å². The van der Waals surface area contributed by atoms with Gasteiger partial charge in [0.15, 0.2) is 11.5 Å². The van der Waals surface area contributed by atoms with Gasteiger partial charge in [0.05, 0.1) is 17.3 Å². The molecule has 1 N–H and O–H groups in total. The van der Waals surface area contributed by atoms with Gasteiger partial charge in [-0.15, -0.1) is 0 Å². The topological polar surface area (TPSA) is 93.6 Å². The normalized spacial score (nSPS) is 22.2. The van der Waals surface area contributed by atoms with E-state index >= 15 is 0 Å². The van der Waals surface area contributed by atoms with E-state index in [9.17, 15) is 18.0 Å². The Morgan fingerprint density at radius 1 is 1.03 bits per heavy atom. The summed E-state index contributed by atoms with van der Waals surface area (Å²) in [5, 5.41) is 0. The lowest BCUT2D eigenvalue weighted by atomic mass is 9.75. The third-order valence-electron chi connectivity index (χ3n) is 6.73. The van der Waals surface area contributed by atoms with Gasteiger partial charge in [0.25, 0.3) is 0 Å². The average molecular weight is 465 g/mol. The average Bonchev–Trinajstić information content (AvgIpc) is 3.38. The third-order valence-corrected chi connectivity index (χ3v) is 6.73. The Kier molecular flexibility index (Phi) is 4.48. The number of benzene rings is 1. The summed E-state index contributed by atoms with van der Waals surface area (Å²) in [6.45, 7) is 0. The summed E-state index contributed by atoms with van der Waals surface area (Å²) in [5.74, 6) is 0.436. The smallest absolute Gasteiger partial charge is 0.417 e. The second-order valence-electron chi connectivity index (χ2n) is 8.68. The number of H-pyrrole nitrogens is 1. The van der Waals surface area contributed by atoms with Crippen LogP contribution in [0.15, 0.2) is 48.9 Å². The van der Waals surface area contributed by atoms with Crippen molar-refractivity contribution in [3.05, 3.63) is 71.4 Å². The fraction of sp³-hybridized carbons (Fsp3) is 0.292. The van der Waals surface area contributed by atoms with Crippen molar-refractivity contribution in [2.45, 2.75) is 43.4 Å². The van der Waals surface area contributed by atoms with Crippen LogP contribution in [0.3, 0.4) is 0 Å². The number of nitrogens with one attached hydrogen (secondary N) is 1. The zero-order valence-electron chi connectivity index (χ0n) is 17.8. The van der Waals surface area contributed by atoms with Crippen LogP contribution in [0.2, 0.25) is 0 Å². The molecule has 4 aromatic rings. The molecule has 1 saturated carbocycles. The molecule has 6 rings (SSSR count). The Labute approximate surface area is 191 Å². The minimum Gasteiger partial charge on any atom is -0.450 e. The van der Waals surface area contributed by atoms with Gasteiger partial charge in [-0.05, 0) is 37.8 Å². The van der Waals surface area contributed by atoms with Crippen LogP contribution in [-0.2, 0) is 16.5 Å². The first-order chi connectivity index (χ1) is 16.3. The van der Waals surface area contributed by atoms with Crippen molar-refractivity contribution in [2.24, 2.45) is 0 Å². The Bertz CT molecular complexity index is 1420. The summed E-state index contributed by atoms with van der Waals surface area (Å²) in [5.41, 5.74) is 0.753. The van der Waals surface area contributed by atoms with Crippen molar-refractivity contribution in [3.8, 4) is 11.4 Å². The van der Waals surface area contributed by atoms with Gasteiger partial charge in [0.2, 0.25) is 0 Å². The number of esters is 1. The first-order valence-electron chi connectivity index (χ1n) is 10.9. The van der Waals surface area contributed by atoms with Crippen molar-refractivity contribution in [2.75, 3.05) is 0 Å². The van der Waals surface area contributed by atoms with Crippen LogP contribution in [0.1, 0.15) is 58.9 Å². The lowest BCUT2D eigenvalue weighted by Crippen LogP contribution is -2.31. The maximum Gasteiger partial charge on any atom is 0.417 e. The molecule has 1 fully saturated rings. The first kappa shape index (κ1) is 20.8. The van der Waals surface area contributed by atoms with Crippen LogP contribution in [0.25, 0.3) is 22.6 Å². The Morgan fingerprint density at radius 3 is 2.62 bits per heavy atom.